The Hall–Kier alpha value is -1.26. The van der Waals surface area contributed by atoms with Crippen LogP contribution >= 0.6 is 11.3 Å². The van der Waals surface area contributed by atoms with Crippen molar-refractivity contribution in [2.45, 2.75) is 45.6 Å². The van der Waals surface area contributed by atoms with Crippen LogP contribution in [-0.4, -0.2) is 11.5 Å². The van der Waals surface area contributed by atoms with Crippen molar-refractivity contribution in [3.05, 3.63) is 51.7 Å². The quantitative estimate of drug-likeness (QED) is 0.881. The molecule has 2 rings (SSSR count). The van der Waals surface area contributed by atoms with Crippen molar-refractivity contribution in [1.29, 1.82) is 0 Å². The second-order valence-corrected chi connectivity index (χ2v) is 7.19. The van der Waals surface area contributed by atoms with E-state index in [2.05, 4.69) is 38.4 Å². The van der Waals surface area contributed by atoms with Crippen molar-refractivity contribution < 1.29 is 4.39 Å². The highest BCUT2D eigenvalue weighted by Crippen LogP contribution is 2.26. The Kier molecular flexibility index (Phi) is 5.12. The molecule has 0 saturated carbocycles. The van der Waals surface area contributed by atoms with Crippen molar-refractivity contribution in [2.24, 2.45) is 0 Å². The minimum Gasteiger partial charge on any atom is -0.310 e. The summed E-state index contributed by atoms with van der Waals surface area (Å²) in [5.41, 5.74) is 2.32. The summed E-state index contributed by atoms with van der Waals surface area (Å²) < 4.78 is 13.1. The fourth-order valence-corrected chi connectivity index (χ4v) is 3.24. The minimum atomic E-state index is -0.196. The number of nitrogens with one attached hydrogen (secondary N) is 1. The summed E-state index contributed by atoms with van der Waals surface area (Å²) in [7, 11) is 0. The van der Waals surface area contributed by atoms with E-state index in [4.69, 9.17) is 4.98 Å². The molecule has 1 heterocycles. The highest BCUT2D eigenvalue weighted by Gasteiger charge is 2.19. The van der Waals surface area contributed by atoms with Gasteiger partial charge in [-0.3, -0.25) is 0 Å². The van der Waals surface area contributed by atoms with Gasteiger partial charge in [-0.25, -0.2) is 9.37 Å². The molecule has 0 aliphatic carbocycles. The normalized spacial score (nSPS) is 13.4. The van der Waals surface area contributed by atoms with Crippen LogP contribution in [-0.2, 0) is 11.8 Å². The Labute approximate surface area is 130 Å². The molecule has 21 heavy (non-hydrogen) atoms. The Morgan fingerprint density at radius 3 is 2.43 bits per heavy atom. The van der Waals surface area contributed by atoms with Gasteiger partial charge < -0.3 is 5.32 Å². The molecule has 0 radical (unpaired) electrons. The molecule has 0 saturated heterocycles. The van der Waals surface area contributed by atoms with Crippen LogP contribution in [0.15, 0.2) is 29.6 Å². The van der Waals surface area contributed by atoms with Crippen LogP contribution in [0.1, 0.15) is 50.0 Å². The van der Waals surface area contributed by atoms with E-state index in [0.29, 0.717) is 0 Å². The summed E-state index contributed by atoms with van der Waals surface area (Å²) in [6, 6.07) is 6.90. The molecule has 1 aromatic carbocycles. The first-order valence-corrected chi connectivity index (χ1v) is 8.22. The van der Waals surface area contributed by atoms with Gasteiger partial charge in [-0.2, -0.15) is 0 Å². The first kappa shape index (κ1) is 16.1. The SMILES string of the molecule is CCNC(Cc1nc(C(C)(C)C)cs1)c1ccc(F)cc1. The van der Waals surface area contributed by atoms with Crippen LogP contribution < -0.4 is 5.32 Å². The van der Waals surface area contributed by atoms with E-state index in [1.54, 1.807) is 11.3 Å². The third kappa shape index (κ3) is 4.35. The molecule has 2 aromatic rings. The lowest BCUT2D eigenvalue weighted by molar-refractivity contribution is 0.538. The molecule has 1 aromatic heterocycles. The van der Waals surface area contributed by atoms with Gasteiger partial charge in [0.2, 0.25) is 0 Å². The standard InChI is InChI=1S/C17H23FN2S/c1-5-19-14(12-6-8-13(18)9-7-12)10-16-20-15(11-21-16)17(2,3)4/h6-9,11,14,19H,5,10H2,1-4H3. The maximum Gasteiger partial charge on any atom is 0.123 e. The van der Waals surface area contributed by atoms with Crippen molar-refractivity contribution in [2.75, 3.05) is 6.54 Å². The monoisotopic (exact) mass is 306 g/mol. The second kappa shape index (κ2) is 6.67. The number of hydrogen-bond acceptors (Lipinski definition) is 3. The van der Waals surface area contributed by atoms with Gasteiger partial charge in [0.1, 0.15) is 5.82 Å². The second-order valence-electron chi connectivity index (χ2n) is 6.24. The van der Waals surface area contributed by atoms with E-state index in [0.717, 1.165) is 29.2 Å². The Bertz CT molecular complexity index is 569. The molecule has 0 spiro atoms. The van der Waals surface area contributed by atoms with E-state index >= 15 is 0 Å². The summed E-state index contributed by atoms with van der Waals surface area (Å²) >= 11 is 1.70. The molecule has 1 atom stereocenters. The molecule has 0 aliphatic heterocycles. The lowest BCUT2D eigenvalue weighted by Gasteiger charge is -2.18. The molecule has 0 fully saturated rings. The summed E-state index contributed by atoms with van der Waals surface area (Å²) in [6.07, 6.45) is 0.834. The number of halogens is 1. The van der Waals surface area contributed by atoms with Crippen LogP contribution in [0.5, 0.6) is 0 Å². The maximum atomic E-state index is 13.1. The topological polar surface area (TPSA) is 24.9 Å². The summed E-state index contributed by atoms with van der Waals surface area (Å²) in [5.74, 6) is -0.196. The molecule has 1 N–H and O–H groups in total. The first-order valence-electron chi connectivity index (χ1n) is 7.34. The van der Waals surface area contributed by atoms with Gasteiger partial charge in [0, 0.05) is 23.3 Å². The molecule has 0 amide bonds. The number of benzene rings is 1. The molecular weight excluding hydrogens is 283 g/mol. The fourth-order valence-electron chi connectivity index (χ4n) is 2.17. The zero-order valence-corrected chi connectivity index (χ0v) is 13.9. The van der Waals surface area contributed by atoms with Crippen molar-refractivity contribution in [1.82, 2.24) is 10.3 Å². The smallest absolute Gasteiger partial charge is 0.123 e. The highest BCUT2D eigenvalue weighted by molar-refractivity contribution is 7.09. The molecule has 4 heteroatoms. The maximum absolute atomic E-state index is 13.1. The average molecular weight is 306 g/mol. The van der Waals surface area contributed by atoms with Crippen molar-refractivity contribution in [3.63, 3.8) is 0 Å². The van der Waals surface area contributed by atoms with Gasteiger partial charge in [-0.1, -0.05) is 39.8 Å². The van der Waals surface area contributed by atoms with Gasteiger partial charge in [0.05, 0.1) is 10.7 Å². The van der Waals surface area contributed by atoms with Gasteiger partial charge in [-0.05, 0) is 24.2 Å². The van der Waals surface area contributed by atoms with Gasteiger partial charge in [0.15, 0.2) is 0 Å². The third-order valence-corrected chi connectivity index (χ3v) is 4.29. The summed E-state index contributed by atoms with van der Waals surface area (Å²) in [5, 5.41) is 6.72. The van der Waals surface area contributed by atoms with Crippen molar-refractivity contribution in [3.8, 4) is 0 Å². The lowest BCUT2D eigenvalue weighted by atomic mass is 9.93. The summed E-state index contributed by atoms with van der Waals surface area (Å²) in [4.78, 5) is 4.75. The first-order chi connectivity index (χ1) is 9.90. The number of thiazole rings is 1. The molecule has 0 bridgehead atoms. The Balaban J connectivity index is 2.16. The largest absolute Gasteiger partial charge is 0.310 e. The van der Waals surface area contributed by atoms with Gasteiger partial charge >= 0.3 is 0 Å². The lowest BCUT2D eigenvalue weighted by Crippen LogP contribution is -2.23. The average Bonchev–Trinajstić information content (AvgIpc) is 2.88. The number of rotatable bonds is 5. The highest BCUT2D eigenvalue weighted by atomic mass is 32.1. The fraction of sp³-hybridized carbons (Fsp3) is 0.471. The van der Waals surface area contributed by atoms with E-state index in [1.807, 2.05) is 12.1 Å². The van der Waals surface area contributed by atoms with E-state index in [1.165, 1.54) is 12.1 Å². The molecular formula is C17H23FN2S. The predicted octanol–water partition coefficient (Wildman–Crippen LogP) is 4.47. The Morgan fingerprint density at radius 2 is 1.90 bits per heavy atom. The van der Waals surface area contributed by atoms with Crippen LogP contribution in [0.2, 0.25) is 0 Å². The van der Waals surface area contributed by atoms with Crippen LogP contribution in [0.3, 0.4) is 0 Å². The Morgan fingerprint density at radius 1 is 1.24 bits per heavy atom. The number of nitrogens with zero attached hydrogens (tertiary/aromatic N) is 1. The predicted molar refractivity (Wildman–Crippen MR) is 87.3 cm³/mol. The minimum absolute atomic E-state index is 0.0817. The number of hydrogen-bond donors (Lipinski definition) is 1. The van der Waals surface area contributed by atoms with Crippen LogP contribution in [0, 0.1) is 5.82 Å². The molecule has 0 aliphatic rings. The number of likely N-dealkylation sites (N-methyl/N-ethyl adjacent to an activating group) is 1. The molecule has 114 valence electrons. The molecule has 2 nitrogen and oxygen atoms in total. The van der Waals surface area contributed by atoms with Gasteiger partial charge in [0.25, 0.3) is 0 Å². The van der Waals surface area contributed by atoms with E-state index in [9.17, 15) is 4.39 Å². The third-order valence-electron chi connectivity index (χ3n) is 3.42. The van der Waals surface area contributed by atoms with Crippen LogP contribution in [0.4, 0.5) is 4.39 Å². The van der Waals surface area contributed by atoms with Crippen molar-refractivity contribution >= 4 is 11.3 Å². The van der Waals surface area contributed by atoms with Crippen LogP contribution in [0.25, 0.3) is 0 Å². The zero-order valence-electron chi connectivity index (χ0n) is 13.1. The summed E-state index contributed by atoms with van der Waals surface area (Å²) in [6.45, 7) is 9.48. The van der Waals surface area contributed by atoms with E-state index < -0.39 is 0 Å². The number of aromatic nitrogens is 1. The zero-order chi connectivity index (χ0) is 15.5. The molecule has 1 unspecified atom stereocenters. The van der Waals surface area contributed by atoms with E-state index in [-0.39, 0.29) is 17.3 Å². The van der Waals surface area contributed by atoms with Gasteiger partial charge in [-0.15, -0.1) is 11.3 Å².